The number of aliphatic hydroxyl groups is 1. The Labute approximate surface area is 169 Å². The average Bonchev–Trinajstić information content (AvgIpc) is 3.08. The minimum Gasteiger partial charge on any atom is -0.484 e. The Balaban J connectivity index is 1.73. The number of H-pyrrole nitrogens is 1. The van der Waals surface area contributed by atoms with Gasteiger partial charge in [0.2, 0.25) is 0 Å². The lowest BCUT2D eigenvalue weighted by Gasteiger charge is -2.25. The first-order valence-electron chi connectivity index (χ1n) is 9.48. The lowest BCUT2D eigenvalue weighted by molar-refractivity contribution is 0.0863. The predicted molar refractivity (Wildman–Crippen MR) is 107 cm³/mol. The second-order valence-corrected chi connectivity index (χ2v) is 7.71. The Kier molecular flexibility index (Phi) is 6.42. The number of aromatic nitrogens is 1. The molecule has 3 N–H and O–H groups in total. The molecule has 7 heteroatoms. The molecule has 1 aliphatic carbocycles. The summed E-state index contributed by atoms with van der Waals surface area (Å²) in [6.45, 7) is 3.29. The summed E-state index contributed by atoms with van der Waals surface area (Å²) in [5, 5.41) is 13.2. The Morgan fingerprint density at radius 2 is 1.86 bits per heavy atom. The normalized spacial score (nSPS) is 20.4. The fourth-order valence-electron chi connectivity index (χ4n) is 3.39. The van der Waals surface area contributed by atoms with Crippen LogP contribution in [0.4, 0.5) is 0 Å². The molecule has 2 aromatic rings. The molecule has 1 atom stereocenters. The van der Waals surface area contributed by atoms with Crippen molar-refractivity contribution in [1.29, 1.82) is 0 Å². The van der Waals surface area contributed by atoms with Gasteiger partial charge in [0.15, 0.2) is 5.78 Å². The van der Waals surface area contributed by atoms with E-state index in [2.05, 4.69) is 10.3 Å². The highest BCUT2D eigenvalue weighted by molar-refractivity contribution is 6.30. The van der Waals surface area contributed by atoms with Crippen LogP contribution in [0.25, 0.3) is 0 Å². The Bertz CT molecular complexity index is 839. The molecule has 0 saturated heterocycles. The molecular formula is C21H25ClN2O4. The zero-order chi connectivity index (χ0) is 20.3. The van der Waals surface area contributed by atoms with E-state index in [4.69, 9.17) is 16.3 Å². The molecule has 1 unspecified atom stereocenters. The largest absolute Gasteiger partial charge is 0.484 e. The quantitative estimate of drug-likeness (QED) is 0.633. The second kappa shape index (κ2) is 8.80. The van der Waals surface area contributed by atoms with Crippen LogP contribution in [0.3, 0.4) is 0 Å². The minimum absolute atomic E-state index is 0.0253. The summed E-state index contributed by atoms with van der Waals surface area (Å²) >= 11 is 5.92. The number of rotatable bonds is 6. The van der Waals surface area contributed by atoms with Crippen LogP contribution in [0, 0.1) is 0 Å². The molecule has 1 fully saturated rings. The second-order valence-electron chi connectivity index (χ2n) is 7.27. The van der Waals surface area contributed by atoms with Crippen LogP contribution in [0.2, 0.25) is 5.02 Å². The highest BCUT2D eigenvalue weighted by Gasteiger charge is 2.24. The molecule has 1 aromatic heterocycles. The van der Waals surface area contributed by atoms with E-state index in [-0.39, 0.29) is 41.3 Å². The molecule has 3 rings (SSSR count). The smallest absolute Gasteiger partial charge is 0.268 e. The lowest BCUT2D eigenvalue weighted by atomic mass is 9.93. The number of aliphatic hydroxyl groups excluding tert-OH is 1. The first-order valence-corrected chi connectivity index (χ1v) is 9.86. The monoisotopic (exact) mass is 404 g/mol. The summed E-state index contributed by atoms with van der Waals surface area (Å²) in [4.78, 5) is 27.5. The van der Waals surface area contributed by atoms with Crippen LogP contribution < -0.4 is 10.1 Å². The van der Waals surface area contributed by atoms with Gasteiger partial charge in [0.25, 0.3) is 5.91 Å². The van der Waals surface area contributed by atoms with Crippen molar-refractivity contribution in [3.63, 3.8) is 0 Å². The number of ketones is 1. The highest BCUT2D eigenvalue weighted by Crippen LogP contribution is 2.28. The van der Waals surface area contributed by atoms with Crippen LogP contribution in [-0.2, 0) is 0 Å². The molecule has 6 nitrogen and oxygen atoms in total. The third kappa shape index (κ3) is 4.94. The summed E-state index contributed by atoms with van der Waals surface area (Å²) in [5.74, 6) is -0.143. The van der Waals surface area contributed by atoms with Gasteiger partial charge in [0.05, 0.1) is 6.10 Å². The Hall–Kier alpha value is -2.31. The average molecular weight is 405 g/mol. The van der Waals surface area contributed by atoms with Crippen LogP contribution in [0.1, 0.15) is 72.2 Å². The van der Waals surface area contributed by atoms with Crippen molar-refractivity contribution in [2.75, 3.05) is 0 Å². The third-order valence-electron chi connectivity index (χ3n) is 5.05. The van der Waals surface area contributed by atoms with Crippen LogP contribution in [0.15, 0.2) is 30.3 Å². The fourth-order valence-corrected chi connectivity index (χ4v) is 3.51. The summed E-state index contributed by atoms with van der Waals surface area (Å²) < 4.78 is 5.96. The number of aromatic amines is 1. The van der Waals surface area contributed by atoms with E-state index in [1.54, 1.807) is 18.2 Å². The molecule has 0 bridgehead atoms. The summed E-state index contributed by atoms with van der Waals surface area (Å²) in [7, 11) is 0. The topological polar surface area (TPSA) is 91.4 Å². The number of hydrogen-bond donors (Lipinski definition) is 3. The number of amides is 1. The van der Waals surface area contributed by atoms with Gasteiger partial charge in [0, 0.05) is 24.1 Å². The van der Waals surface area contributed by atoms with Crippen molar-refractivity contribution in [3.05, 3.63) is 52.3 Å². The number of carbonyl (C=O) groups is 2. The van der Waals surface area contributed by atoms with Gasteiger partial charge in [-0.3, -0.25) is 9.59 Å². The number of hydrogen-bond acceptors (Lipinski definition) is 4. The van der Waals surface area contributed by atoms with Gasteiger partial charge in [-0.05, 0) is 50.3 Å². The SMILES string of the molecule is CC(=O)c1[nH]c(C(=O)NC2CCC(O)CC2)cc1OC(C)c1ccc(Cl)cc1. The van der Waals surface area contributed by atoms with Crippen molar-refractivity contribution in [2.45, 2.75) is 57.8 Å². The van der Waals surface area contributed by atoms with Gasteiger partial charge >= 0.3 is 0 Å². The van der Waals surface area contributed by atoms with Gasteiger partial charge in [-0.1, -0.05) is 23.7 Å². The molecule has 1 amide bonds. The van der Waals surface area contributed by atoms with Crippen LogP contribution in [0.5, 0.6) is 5.75 Å². The van der Waals surface area contributed by atoms with E-state index in [1.807, 2.05) is 19.1 Å². The molecule has 1 aromatic carbocycles. The summed E-state index contributed by atoms with van der Waals surface area (Å²) in [6.07, 6.45) is 2.25. The van der Waals surface area contributed by atoms with Crippen molar-refractivity contribution in [1.82, 2.24) is 10.3 Å². The van der Waals surface area contributed by atoms with Crippen LogP contribution in [-0.4, -0.2) is 33.9 Å². The number of ether oxygens (including phenoxy) is 1. The Morgan fingerprint density at radius 1 is 1.21 bits per heavy atom. The molecule has 0 radical (unpaired) electrons. The number of Topliss-reactive ketones (excluding diaryl/α,β-unsaturated/α-hetero) is 1. The lowest BCUT2D eigenvalue weighted by Crippen LogP contribution is -2.38. The zero-order valence-electron chi connectivity index (χ0n) is 16.0. The van der Waals surface area contributed by atoms with E-state index in [0.29, 0.717) is 23.6 Å². The van der Waals surface area contributed by atoms with Crippen molar-refractivity contribution in [3.8, 4) is 5.75 Å². The minimum atomic E-state index is -0.318. The maximum absolute atomic E-state index is 12.6. The van der Waals surface area contributed by atoms with Gasteiger partial charge in [-0.15, -0.1) is 0 Å². The van der Waals surface area contributed by atoms with E-state index in [1.165, 1.54) is 6.92 Å². The van der Waals surface area contributed by atoms with E-state index in [9.17, 15) is 14.7 Å². The fraction of sp³-hybridized carbons (Fsp3) is 0.429. The molecule has 150 valence electrons. The van der Waals surface area contributed by atoms with Gasteiger partial charge < -0.3 is 20.1 Å². The molecule has 1 heterocycles. The first kappa shape index (κ1) is 20.4. The van der Waals surface area contributed by atoms with Crippen LogP contribution >= 0.6 is 11.6 Å². The van der Waals surface area contributed by atoms with Gasteiger partial charge in [-0.25, -0.2) is 0 Å². The maximum Gasteiger partial charge on any atom is 0.268 e. The number of halogens is 1. The highest BCUT2D eigenvalue weighted by atomic mass is 35.5. The standard InChI is InChI=1S/C21H25ClN2O4/c1-12(25)20-19(28-13(2)14-3-5-15(22)6-4-14)11-18(24-20)21(27)23-16-7-9-17(26)10-8-16/h3-6,11,13,16-17,24,26H,7-10H2,1-2H3,(H,23,27). The Morgan fingerprint density at radius 3 is 2.46 bits per heavy atom. The molecule has 1 saturated carbocycles. The number of nitrogens with one attached hydrogen (secondary N) is 2. The summed E-state index contributed by atoms with van der Waals surface area (Å²) in [6, 6.07) is 8.86. The third-order valence-corrected chi connectivity index (χ3v) is 5.31. The maximum atomic E-state index is 12.6. The molecule has 1 aliphatic rings. The van der Waals surface area contributed by atoms with Crippen molar-refractivity contribution >= 4 is 23.3 Å². The molecular weight excluding hydrogens is 380 g/mol. The van der Waals surface area contributed by atoms with Gasteiger partial charge in [0.1, 0.15) is 23.2 Å². The van der Waals surface area contributed by atoms with E-state index in [0.717, 1.165) is 18.4 Å². The number of benzene rings is 1. The predicted octanol–water partition coefficient (Wildman–Crippen LogP) is 4.04. The molecule has 0 aliphatic heterocycles. The molecule has 28 heavy (non-hydrogen) atoms. The van der Waals surface area contributed by atoms with Crippen molar-refractivity contribution < 1.29 is 19.4 Å². The van der Waals surface area contributed by atoms with E-state index < -0.39 is 0 Å². The molecule has 0 spiro atoms. The first-order chi connectivity index (χ1) is 13.3. The van der Waals surface area contributed by atoms with Gasteiger partial charge in [-0.2, -0.15) is 0 Å². The summed E-state index contributed by atoms with van der Waals surface area (Å²) in [5.41, 5.74) is 1.46. The van der Waals surface area contributed by atoms with Crippen molar-refractivity contribution in [2.24, 2.45) is 0 Å². The number of carbonyl (C=O) groups excluding carboxylic acids is 2. The van der Waals surface area contributed by atoms with E-state index >= 15 is 0 Å². The zero-order valence-corrected chi connectivity index (χ0v) is 16.8.